The van der Waals surface area contributed by atoms with E-state index in [9.17, 15) is 0 Å². The normalized spacial score (nSPS) is 13.0. The van der Waals surface area contributed by atoms with Crippen molar-refractivity contribution in [3.63, 3.8) is 0 Å². The molecule has 0 atom stereocenters. The molecule has 0 aliphatic carbocycles. The number of nitriles is 1. The highest BCUT2D eigenvalue weighted by Gasteiger charge is 2.12. The van der Waals surface area contributed by atoms with E-state index in [0.29, 0.717) is 0 Å². The van der Waals surface area contributed by atoms with Crippen LogP contribution < -0.4 is 0 Å². The van der Waals surface area contributed by atoms with E-state index in [1.54, 1.807) is 11.8 Å². The van der Waals surface area contributed by atoms with Crippen LogP contribution in [0.5, 0.6) is 0 Å². The Bertz CT molecular complexity index is 264. The lowest BCUT2D eigenvalue weighted by Crippen LogP contribution is -2.06. The second-order valence-corrected chi connectivity index (χ2v) is 6.03. The first-order valence-electron chi connectivity index (χ1n) is 4.49. The lowest BCUT2D eigenvalue weighted by atomic mass is 10.3. The zero-order valence-corrected chi connectivity index (χ0v) is 10.4. The Balaban J connectivity index is 4.37. The van der Waals surface area contributed by atoms with Crippen molar-refractivity contribution in [3.8, 4) is 6.07 Å². The minimum atomic E-state index is 0.0908. The molecule has 0 aromatic carbocycles. The third-order valence-electron chi connectivity index (χ3n) is 1.16. The quantitative estimate of drug-likeness (QED) is 0.529. The van der Waals surface area contributed by atoms with Crippen molar-refractivity contribution in [1.82, 2.24) is 4.90 Å². The Morgan fingerprint density at radius 1 is 1.36 bits per heavy atom. The predicted octanol–water partition coefficient (Wildman–Crippen LogP) is 3.00. The standard InChI is InChI=1S/C11H18N2S/c1-11(2,3)14-10(9-12)7-6-8-13(4)5/h6-8H,1-5H3. The van der Waals surface area contributed by atoms with E-state index in [-0.39, 0.29) is 4.75 Å². The van der Waals surface area contributed by atoms with E-state index >= 15 is 0 Å². The Hall–Kier alpha value is -0.880. The van der Waals surface area contributed by atoms with E-state index in [4.69, 9.17) is 5.26 Å². The molecule has 0 radical (unpaired) electrons. The molecule has 14 heavy (non-hydrogen) atoms. The third-order valence-corrected chi connectivity index (χ3v) is 2.22. The Morgan fingerprint density at radius 2 is 1.93 bits per heavy atom. The third kappa shape index (κ3) is 7.75. The highest BCUT2D eigenvalue weighted by atomic mass is 32.2. The fourth-order valence-corrected chi connectivity index (χ4v) is 1.58. The molecule has 0 fully saturated rings. The zero-order valence-electron chi connectivity index (χ0n) is 9.53. The van der Waals surface area contributed by atoms with E-state index in [0.717, 1.165) is 4.91 Å². The van der Waals surface area contributed by atoms with Crippen LogP contribution in [0, 0.1) is 11.3 Å². The van der Waals surface area contributed by atoms with Gasteiger partial charge in [-0.1, -0.05) is 20.8 Å². The summed E-state index contributed by atoms with van der Waals surface area (Å²) in [7, 11) is 3.90. The average molecular weight is 210 g/mol. The van der Waals surface area contributed by atoms with Crippen molar-refractivity contribution in [2.45, 2.75) is 25.5 Å². The summed E-state index contributed by atoms with van der Waals surface area (Å²) in [5, 5.41) is 8.87. The van der Waals surface area contributed by atoms with Gasteiger partial charge in [0.1, 0.15) is 6.07 Å². The maximum atomic E-state index is 8.87. The van der Waals surface area contributed by atoms with Gasteiger partial charge >= 0.3 is 0 Å². The topological polar surface area (TPSA) is 27.0 Å². The van der Waals surface area contributed by atoms with Gasteiger partial charge in [0.25, 0.3) is 0 Å². The van der Waals surface area contributed by atoms with Gasteiger partial charge in [0, 0.05) is 18.8 Å². The van der Waals surface area contributed by atoms with Crippen molar-refractivity contribution in [3.05, 3.63) is 23.3 Å². The smallest absolute Gasteiger partial charge is 0.106 e. The number of hydrogen-bond donors (Lipinski definition) is 0. The number of thioether (sulfide) groups is 1. The summed E-state index contributed by atoms with van der Waals surface area (Å²) in [6.07, 6.45) is 5.65. The SMILES string of the molecule is CN(C)C=CC=C(C#N)SC(C)(C)C. The maximum Gasteiger partial charge on any atom is 0.106 e. The molecule has 0 saturated heterocycles. The molecule has 0 aromatic heterocycles. The molecule has 0 aliphatic rings. The second kappa shape index (κ2) is 5.77. The van der Waals surface area contributed by atoms with Crippen LogP contribution in [0.1, 0.15) is 20.8 Å². The lowest BCUT2D eigenvalue weighted by Gasteiger charge is -2.15. The maximum absolute atomic E-state index is 8.87. The van der Waals surface area contributed by atoms with Gasteiger partial charge in [-0.15, -0.1) is 11.8 Å². The van der Waals surface area contributed by atoms with Crippen LogP contribution in [-0.2, 0) is 0 Å². The number of rotatable bonds is 3. The van der Waals surface area contributed by atoms with E-state index < -0.39 is 0 Å². The van der Waals surface area contributed by atoms with Crippen LogP contribution in [0.2, 0.25) is 0 Å². The van der Waals surface area contributed by atoms with Crippen molar-refractivity contribution < 1.29 is 0 Å². The Labute approximate surface area is 91.3 Å². The van der Waals surface area contributed by atoms with Gasteiger partial charge in [-0.25, -0.2) is 0 Å². The summed E-state index contributed by atoms with van der Waals surface area (Å²) >= 11 is 1.58. The molecule has 0 heterocycles. The second-order valence-electron chi connectivity index (χ2n) is 4.16. The summed E-state index contributed by atoms with van der Waals surface area (Å²) in [5.41, 5.74) is 0. The summed E-state index contributed by atoms with van der Waals surface area (Å²) in [4.78, 5) is 2.68. The molecule has 0 rings (SSSR count). The largest absolute Gasteiger partial charge is 0.383 e. The van der Waals surface area contributed by atoms with E-state index in [1.165, 1.54) is 0 Å². The Kier molecular flexibility index (Phi) is 5.40. The van der Waals surface area contributed by atoms with Crippen LogP contribution in [0.15, 0.2) is 23.3 Å². The van der Waals surface area contributed by atoms with Gasteiger partial charge in [-0.05, 0) is 18.4 Å². The van der Waals surface area contributed by atoms with Crippen LogP contribution in [0.4, 0.5) is 0 Å². The molecule has 3 heteroatoms. The molecule has 0 spiro atoms. The fraction of sp³-hybridized carbons (Fsp3) is 0.545. The molecular weight excluding hydrogens is 192 g/mol. The number of allylic oxidation sites excluding steroid dienone is 3. The minimum Gasteiger partial charge on any atom is -0.383 e. The van der Waals surface area contributed by atoms with E-state index in [2.05, 4.69) is 26.8 Å². The summed E-state index contributed by atoms with van der Waals surface area (Å²) in [6, 6.07) is 2.19. The van der Waals surface area contributed by atoms with Crippen LogP contribution in [-0.4, -0.2) is 23.7 Å². The van der Waals surface area contributed by atoms with Crippen molar-refractivity contribution >= 4 is 11.8 Å². The minimum absolute atomic E-state index is 0.0908. The summed E-state index contributed by atoms with van der Waals surface area (Å²) < 4.78 is 0.0908. The van der Waals surface area contributed by atoms with Crippen LogP contribution in [0.3, 0.4) is 0 Å². The van der Waals surface area contributed by atoms with Gasteiger partial charge in [-0.2, -0.15) is 5.26 Å². The summed E-state index contributed by atoms with van der Waals surface area (Å²) in [5.74, 6) is 0. The first kappa shape index (κ1) is 13.1. The summed E-state index contributed by atoms with van der Waals surface area (Å²) in [6.45, 7) is 6.29. The molecule has 0 unspecified atom stereocenters. The zero-order chi connectivity index (χ0) is 11.2. The number of hydrogen-bond acceptors (Lipinski definition) is 3. The average Bonchev–Trinajstić information content (AvgIpc) is 1.99. The van der Waals surface area contributed by atoms with Gasteiger partial charge in [0.15, 0.2) is 0 Å². The first-order chi connectivity index (χ1) is 6.35. The lowest BCUT2D eigenvalue weighted by molar-refractivity contribution is 0.564. The molecule has 0 aromatic rings. The highest BCUT2D eigenvalue weighted by Crippen LogP contribution is 2.30. The van der Waals surface area contributed by atoms with E-state index in [1.807, 2.05) is 37.3 Å². The predicted molar refractivity (Wildman–Crippen MR) is 63.9 cm³/mol. The fourth-order valence-electron chi connectivity index (χ4n) is 0.727. The molecular formula is C11H18N2S. The molecule has 0 amide bonds. The molecule has 0 N–H and O–H groups in total. The van der Waals surface area contributed by atoms with Crippen molar-refractivity contribution in [2.24, 2.45) is 0 Å². The Morgan fingerprint density at radius 3 is 2.29 bits per heavy atom. The monoisotopic (exact) mass is 210 g/mol. The van der Waals surface area contributed by atoms with Crippen LogP contribution >= 0.6 is 11.8 Å². The van der Waals surface area contributed by atoms with Gasteiger partial charge in [0.05, 0.1) is 4.91 Å². The van der Waals surface area contributed by atoms with Gasteiger partial charge < -0.3 is 4.90 Å². The van der Waals surface area contributed by atoms with Gasteiger partial charge in [0.2, 0.25) is 0 Å². The van der Waals surface area contributed by atoms with Crippen LogP contribution in [0.25, 0.3) is 0 Å². The number of nitrogens with zero attached hydrogens (tertiary/aromatic N) is 2. The molecule has 78 valence electrons. The van der Waals surface area contributed by atoms with Gasteiger partial charge in [-0.3, -0.25) is 0 Å². The van der Waals surface area contributed by atoms with Crippen molar-refractivity contribution in [2.75, 3.05) is 14.1 Å². The highest BCUT2D eigenvalue weighted by molar-refractivity contribution is 8.04. The molecule has 0 bridgehead atoms. The van der Waals surface area contributed by atoms with Crippen molar-refractivity contribution in [1.29, 1.82) is 5.26 Å². The molecule has 0 saturated carbocycles. The molecule has 2 nitrogen and oxygen atoms in total. The first-order valence-corrected chi connectivity index (χ1v) is 5.31. The molecule has 0 aliphatic heterocycles.